The molecule has 0 unspecified atom stereocenters. The van der Waals surface area contributed by atoms with Crippen LogP contribution in [0.3, 0.4) is 0 Å². The van der Waals surface area contributed by atoms with E-state index in [-0.39, 0.29) is 21.7 Å². The zero-order chi connectivity index (χ0) is 25.9. The van der Waals surface area contributed by atoms with E-state index >= 15 is 4.20 Å². The van der Waals surface area contributed by atoms with Crippen molar-refractivity contribution in [3.8, 4) is 11.5 Å². The van der Waals surface area contributed by atoms with Gasteiger partial charge in [-0.3, -0.25) is 0 Å². The molecular formula is C30H44FO2P. The van der Waals surface area contributed by atoms with Gasteiger partial charge in [0.15, 0.2) is 0 Å². The molecule has 3 rings (SSSR count). The largest absolute Gasteiger partial charge is 0.505 e. The molecule has 0 aliphatic carbocycles. The van der Waals surface area contributed by atoms with Gasteiger partial charge in [0.1, 0.15) is 11.5 Å². The second-order valence-corrected chi connectivity index (χ2v) is 14.7. The summed E-state index contributed by atoms with van der Waals surface area (Å²) in [6, 6.07) is 8.84. The molecule has 0 spiro atoms. The highest BCUT2D eigenvalue weighted by Crippen LogP contribution is 2.52. The third-order valence-corrected chi connectivity index (χ3v) is 7.32. The van der Waals surface area contributed by atoms with Gasteiger partial charge in [-0.05, 0) is 56.8 Å². The zero-order valence-electron chi connectivity index (χ0n) is 23.4. The monoisotopic (exact) mass is 486 g/mol. The van der Waals surface area contributed by atoms with Crippen molar-refractivity contribution in [3.63, 3.8) is 0 Å². The molecule has 2 aromatic carbocycles. The van der Waals surface area contributed by atoms with Gasteiger partial charge in [-0.2, -0.15) is 0 Å². The van der Waals surface area contributed by atoms with E-state index in [2.05, 4.69) is 107 Å². The maximum atomic E-state index is 15.6. The van der Waals surface area contributed by atoms with Crippen molar-refractivity contribution < 1.29 is 13.2 Å². The summed E-state index contributed by atoms with van der Waals surface area (Å²) in [4.78, 5) is 0. The smallest absolute Gasteiger partial charge is 0.414 e. The van der Waals surface area contributed by atoms with Crippen molar-refractivity contribution >= 4 is 8.69 Å². The summed E-state index contributed by atoms with van der Waals surface area (Å²) in [6.07, 6.45) is 1.55. The molecule has 188 valence electrons. The Balaban J connectivity index is 2.25. The fraction of sp³-hybridized carbons (Fsp3) is 0.600. The molecule has 2 nitrogen and oxygen atoms in total. The highest BCUT2D eigenvalue weighted by atomic mass is 31.2. The first-order valence-electron chi connectivity index (χ1n) is 12.5. The average molecular weight is 487 g/mol. The first-order chi connectivity index (χ1) is 15.3. The number of hydrogen-bond acceptors (Lipinski definition) is 2. The summed E-state index contributed by atoms with van der Waals surface area (Å²) < 4.78 is 27.7. The van der Waals surface area contributed by atoms with Gasteiger partial charge in [-0.15, -0.1) is 4.20 Å². The summed E-state index contributed by atoms with van der Waals surface area (Å²) in [5.41, 5.74) is 6.33. The Morgan fingerprint density at radius 2 is 0.882 bits per heavy atom. The normalized spacial score (nSPS) is 15.9. The molecular weight excluding hydrogens is 442 g/mol. The minimum Gasteiger partial charge on any atom is -0.414 e. The average Bonchev–Trinajstić information content (AvgIpc) is 2.70. The van der Waals surface area contributed by atoms with Crippen LogP contribution in [-0.2, 0) is 34.5 Å². The topological polar surface area (TPSA) is 18.5 Å². The van der Waals surface area contributed by atoms with Gasteiger partial charge >= 0.3 is 8.69 Å². The molecule has 0 saturated heterocycles. The second-order valence-electron chi connectivity index (χ2n) is 13.9. The van der Waals surface area contributed by atoms with E-state index in [1.807, 2.05) is 0 Å². The first kappa shape index (κ1) is 27.0. The summed E-state index contributed by atoms with van der Waals surface area (Å²) in [5, 5.41) is 0. The lowest BCUT2D eigenvalue weighted by molar-refractivity contribution is 0.418. The maximum Gasteiger partial charge on any atom is 0.505 e. The predicted octanol–water partition coefficient (Wildman–Crippen LogP) is 9.63. The van der Waals surface area contributed by atoms with Gasteiger partial charge in [-0.25, -0.2) is 0 Å². The zero-order valence-corrected chi connectivity index (χ0v) is 24.3. The van der Waals surface area contributed by atoms with Crippen molar-refractivity contribution in [3.05, 3.63) is 57.6 Å². The van der Waals surface area contributed by atoms with Crippen molar-refractivity contribution in [2.24, 2.45) is 0 Å². The molecule has 0 radical (unpaired) electrons. The molecule has 0 N–H and O–H groups in total. The first-order valence-corrected chi connectivity index (χ1v) is 13.5. The summed E-state index contributed by atoms with van der Waals surface area (Å²) in [6.45, 7) is 26.3. The number of rotatable bonds is 0. The summed E-state index contributed by atoms with van der Waals surface area (Å²) in [7, 11) is -2.63. The fourth-order valence-corrected chi connectivity index (χ4v) is 5.13. The summed E-state index contributed by atoms with van der Waals surface area (Å²) >= 11 is 0. The maximum absolute atomic E-state index is 15.6. The van der Waals surface area contributed by atoms with Crippen molar-refractivity contribution in [2.45, 2.75) is 118 Å². The Bertz CT molecular complexity index is 974. The highest BCUT2D eigenvalue weighted by molar-refractivity contribution is 7.42. The molecule has 0 atom stereocenters. The third-order valence-electron chi connectivity index (χ3n) is 6.67. The minimum absolute atomic E-state index is 0.0128. The molecule has 1 aliphatic heterocycles. The molecule has 1 heterocycles. The quantitative estimate of drug-likeness (QED) is 0.345. The minimum atomic E-state index is -2.63. The number of benzene rings is 2. The standard InChI is InChI=1S/C30H44FO2P/c1-27(2,3)21-15-19-13-14-20-16-22(28(4,5)6)18-24(30(10,11)12)26(20)33-34(31)32-25(19)23(17-21)29(7,8)9/h15-18H,13-14H2,1-12H3. The van der Waals surface area contributed by atoms with Crippen LogP contribution in [0.1, 0.15) is 116 Å². The molecule has 34 heavy (non-hydrogen) atoms. The molecule has 0 amide bonds. The fourth-order valence-electron chi connectivity index (χ4n) is 4.38. The lowest BCUT2D eigenvalue weighted by Gasteiger charge is -2.29. The Labute approximate surface area is 208 Å². The number of hydrogen-bond donors (Lipinski definition) is 0. The molecule has 1 aliphatic rings. The van der Waals surface area contributed by atoms with E-state index in [0.717, 1.165) is 35.1 Å². The number of halogens is 1. The van der Waals surface area contributed by atoms with Gasteiger partial charge in [-0.1, -0.05) is 107 Å². The van der Waals surface area contributed by atoms with Gasteiger partial charge in [0, 0.05) is 11.1 Å². The second kappa shape index (κ2) is 8.81. The van der Waals surface area contributed by atoms with Crippen LogP contribution >= 0.6 is 8.69 Å². The van der Waals surface area contributed by atoms with E-state index in [1.54, 1.807) is 0 Å². The van der Waals surface area contributed by atoms with Crippen molar-refractivity contribution in [1.82, 2.24) is 0 Å². The lowest BCUT2D eigenvalue weighted by atomic mass is 9.77. The highest BCUT2D eigenvalue weighted by Gasteiger charge is 2.33. The Morgan fingerprint density at radius 1 is 0.559 bits per heavy atom. The van der Waals surface area contributed by atoms with Crippen LogP contribution < -0.4 is 9.05 Å². The van der Waals surface area contributed by atoms with Crippen LogP contribution in [0.4, 0.5) is 4.20 Å². The van der Waals surface area contributed by atoms with Gasteiger partial charge in [0.05, 0.1) is 0 Å². The van der Waals surface area contributed by atoms with Gasteiger partial charge < -0.3 is 9.05 Å². The van der Waals surface area contributed by atoms with Crippen LogP contribution in [0.2, 0.25) is 0 Å². The van der Waals surface area contributed by atoms with E-state index in [1.165, 1.54) is 11.1 Å². The number of aryl methyl sites for hydroxylation is 2. The van der Waals surface area contributed by atoms with Crippen molar-refractivity contribution in [1.29, 1.82) is 0 Å². The third kappa shape index (κ3) is 5.78. The predicted molar refractivity (Wildman–Crippen MR) is 144 cm³/mol. The van der Waals surface area contributed by atoms with Crippen LogP contribution in [0, 0.1) is 0 Å². The lowest BCUT2D eigenvalue weighted by Crippen LogP contribution is -2.18. The molecule has 0 bridgehead atoms. The van der Waals surface area contributed by atoms with Crippen LogP contribution in [0.5, 0.6) is 11.5 Å². The molecule has 2 aromatic rings. The molecule has 0 aromatic heterocycles. The van der Waals surface area contributed by atoms with E-state index in [0.29, 0.717) is 11.5 Å². The van der Waals surface area contributed by atoms with Crippen molar-refractivity contribution in [2.75, 3.05) is 0 Å². The Morgan fingerprint density at radius 3 is 1.15 bits per heavy atom. The van der Waals surface area contributed by atoms with E-state index in [4.69, 9.17) is 9.05 Å². The molecule has 0 saturated carbocycles. The summed E-state index contributed by atoms with van der Waals surface area (Å²) in [5.74, 6) is 1.32. The van der Waals surface area contributed by atoms with E-state index < -0.39 is 8.69 Å². The van der Waals surface area contributed by atoms with E-state index in [9.17, 15) is 0 Å². The Kier molecular flexibility index (Phi) is 6.99. The van der Waals surface area contributed by atoms with Gasteiger partial charge in [0.25, 0.3) is 0 Å². The van der Waals surface area contributed by atoms with Crippen LogP contribution in [0.25, 0.3) is 0 Å². The number of fused-ring (bicyclic) bond motifs is 2. The molecule has 0 fully saturated rings. The van der Waals surface area contributed by atoms with Crippen LogP contribution in [0.15, 0.2) is 24.3 Å². The molecule has 4 heteroatoms. The van der Waals surface area contributed by atoms with Gasteiger partial charge in [0.2, 0.25) is 0 Å². The Hall–Kier alpha value is -1.60. The SMILES string of the molecule is CC(C)(C)c1cc2c(c(C(C)(C)C)c1)OP(F)Oc1c(cc(C(C)(C)C)cc1C(C)(C)C)CC2. The van der Waals surface area contributed by atoms with Crippen LogP contribution in [-0.4, -0.2) is 0 Å².